The van der Waals surface area contributed by atoms with Gasteiger partial charge in [0.2, 0.25) is 5.91 Å². The molecule has 0 saturated heterocycles. The van der Waals surface area contributed by atoms with Crippen LogP contribution in [0.5, 0.6) is 0 Å². The quantitative estimate of drug-likeness (QED) is 0.561. The standard InChI is InChI=1S/C20H25N5O2S/c1-4-11-25-17(16-8-12-27-14(16)2)23-24-19(25)28-15(3)18(26)22-20(13-21)9-6-5-7-10-20/h4,8,12,15H,1,5-7,9-11H2,2-3H3,(H,22,26). The van der Waals surface area contributed by atoms with Crippen molar-refractivity contribution in [2.24, 2.45) is 0 Å². The molecule has 1 unspecified atom stereocenters. The number of carbonyl (C=O) groups is 1. The van der Waals surface area contributed by atoms with Crippen LogP contribution in [0.25, 0.3) is 11.4 Å². The van der Waals surface area contributed by atoms with Gasteiger partial charge in [-0.05, 0) is 32.8 Å². The Morgan fingerprint density at radius 1 is 1.50 bits per heavy atom. The highest BCUT2D eigenvalue weighted by Gasteiger charge is 2.35. The van der Waals surface area contributed by atoms with Gasteiger partial charge >= 0.3 is 0 Å². The molecular weight excluding hydrogens is 374 g/mol. The normalized spacial score (nSPS) is 16.9. The number of hydrogen-bond donors (Lipinski definition) is 1. The average molecular weight is 400 g/mol. The zero-order valence-corrected chi connectivity index (χ0v) is 17.1. The van der Waals surface area contributed by atoms with Crippen LogP contribution < -0.4 is 5.32 Å². The van der Waals surface area contributed by atoms with E-state index in [1.54, 1.807) is 12.3 Å². The summed E-state index contributed by atoms with van der Waals surface area (Å²) < 4.78 is 7.30. The largest absolute Gasteiger partial charge is 0.469 e. The third-order valence-electron chi connectivity index (χ3n) is 5.06. The van der Waals surface area contributed by atoms with Gasteiger partial charge in [-0.1, -0.05) is 37.1 Å². The molecular formula is C20H25N5O2S. The number of furan rings is 1. The minimum atomic E-state index is -0.738. The van der Waals surface area contributed by atoms with E-state index in [2.05, 4.69) is 28.2 Å². The summed E-state index contributed by atoms with van der Waals surface area (Å²) in [6, 6.07) is 4.18. The molecule has 0 spiro atoms. The fourth-order valence-corrected chi connectivity index (χ4v) is 4.31. The second kappa shape index (κ2) is 8.65. The Bertz CT molecular complexity index is 889. The number of amides is 1. The number of nitriles is 1. The van der Waals surface area contributed by atoms with Gasteiger partial charge in [-0.3, -0.25) is 9.36 Å². The van der Waals surface area contributed by atoms with Gasteiger partial charge in [0, 0.05) is 6.54 Å². The second-order valence-corrected chi connectivity index (χ2v) is 8.41. The van der Waals surface area contributed by atoms with Crippen molar-refractivity contribution in [3.8, 4) is 17.5 Å². The molecule has 2 aromatic heterocycles. The van der Waals surface area contributed by atoms with Gasteiger partial charge in [0.25, 0.3) is 0 Å². The third kappa shape index (κ3) is 4.14. The van der Waals surface area contributed by atoms with Crippen LogP contribution in [0, 0.1) is 18.3 Å². The van der Waals surface area contributed by atoms with Crippen LogP contribution in [-0.4, -0.2) is 31.5 Å². The van der Waals surface area contributed by atoms with Crippen LogP contribution >= 0.6 is 11.8 Å². The number of nitrogens with one attached hydrogen (secondary N) is 1. The van der Waals surface area contributed by atoms with E-state index in [1.807, 2.05) is 24.5 Å². The van der Waals surface area contributed by atoms with E-state index < -0.39 is 10.8 Å². The van der Waals surface area contributed by atoms with E-state index in [9.17, 15) is 10.1 Å². The Balaban J connectivity index is 1.76. The molecule has 28 heavy (non-hydrogen) atoms. The Kier molecular flexibility index (Phi) is 6.25. The summed E-state index contributed by atoms with van der Waals surface area (Å²) in [5, 5.41) is 21.4. The minimum Gasteiger partial charge on any atom is -0.469 e. The van der Waals surface area contributed by atoms with Crippen LogP contribution in [0.1, 0.15) is 44.8 Å². The first-order valence-electron chi connectivity index (χ1n) is 9.48. The predicted molar refractivity (Wildman–Crippen MR) is 108 cm³/mol. The van der Waals surface area contributed by atoms with Gasteiger partial charge in [-0.25, -0.2) is 0 Å². The van der Waals surface area contributed by atoms with Crippen LogP contribution in [0.15, 0.2) is 34.6 Å². The zero-order chi connectivity index (χ0) is 20.1. The summed E-state index contributed by atoms with van der Waals surface area (Å²) in [6.07, 6.45) is 7.86. The minimum absolute atomic E-state index is 0.150. The molecule has 1 N–H and O–H groups in total. The van der Waals surface area contributed by atoms with E-state index >= 15 is 0 Å². The summed E-state index contributed by atoms with van der Waals surface area (Å²) in [5.41, 5.74) is 0.127. The molecule has 148 valence electrons. The van der Waals surface area contributed by atoms with Crippen molar-refractivity contribution in [1.29, 1.82) is 5.26 Å². The van der Waals surface area contributed by atoms with E-state index in [0.29, 0.717) is 30.4 Å². The lowest BCUT2D eigenvalue weighted by atomic mass is 9.83. The van der Waals surface area contributed by atoms with Crippen LogP contribution in [0.2, 0.25) is 0 Å². The van der Waals surface area contributed by atoms with Crippen molar-refractivity contribution in [1.82, 2.24) is 20.1 Å². The number of hydrogen-bond acceptors (Lipinski definition) is 6. The van der Waals surface area contributed by atoms with Crippen LogP contribution in [0.3, 0.4) is 0 Å². The first-order valence-corrected chi connectivity index (χ1v) is 10.4. The fraction of sp³-hybridized carbons (Fsp3) is 0.500. The molecule has 0 radical (unpaired) electrons. The Morgan fingerprint density at radius 3 is 2.86 bits per heavy atom. The average Bonchev–Trinajstić information content (AvgIpc) is 3.29. The van der Waals surface area contributed by atoms with Gasteiger partial charge in [-0.2, -0.15) is 5.26 Å². The number of rotatable bonds is 7. The smallest absolute Gasteiger partial charge is 0.234 e. The zero-order valence-electron chi connectivity index (χ0n) is 16.3. The molecule has 1 aliphatic carbocycles. The SMILES string of the molecule is C=CCn1c(SC(C)C(=O)NC2(C#N)CCCCC2)nnc1-c1ccoc1C. The highest BCUT2D eigenvalue weighted by Crippen LogP contribution is 2.31. The maximum atomic E-state index is 12.8. The van der Waals surface area contributed by atoms with Crippen LogP contribution in [-0.2, 0) is 11.3 Å². The van der Waals surface area contributed by atoms with Crippen molar-refractivity contribution in [3.05, 3.63) is 30.7 Å². The number of aromatic nitrogens is 3. The molecule has 2 aromatic rings. The number of allylic oxidation sites excluding steroid dienone is 1. The molecule has 8 heteroatoms. The van der Waals surface area contributed by atoms with E-state index in [1.165, 1.54) is 11.8 Å². The lowest BCUT2D eigenvalue weighted by molar-refractivity contribution is -0.121. The lowest BCUT2D eigenvalue weighted by Gasteiger charge is -2.32. The first-order chi connectivity index (χ1) is 13.5. The predicted octanol–water partition coefficient (Wildman–Crippen LogP) is 3.86. The molecule has 1 amide bonds. The lowest BCUT2D eigenvalue weighted by Crippen LogP contribution is -2.51. The Labute approximate surface area is 169 Å². The molecule has 2 heterocycles. The molecule has 0 bridgehead atoms. The van der Waals surface area contributed by atoms with Crippen LogP contribution in [0.4, 0.5) is 0 Å². The van der Waals surface area contributed by atoms with Gasteiger partial charge < -0.3 is 9.73 Å². The number of carbonyl (C=O) groups excluding carboxylic acids is 1. The molecule has 0 aliphatic heterocycles. The van der Waals surface area contributed by atoms with Crippen molar-refractivity contribution in [2.45, 2.75) is 68.4 Å². The van der Waals surface area contributed by atoms with Gasteiger partial charge in [-0.15, -0.1) is 16.8 Å². The summed E-state index contributed by atoms with van der Waals surface area (Å²) in [7, 11) is 0. The topological polar surface area (TPSA) is 96.7 Å². The summed E-state index contributed by atoms with van der Waals surface area (Å²) in [4.78, 5) is 12.8. The van der Waals surface area contributed by atoms with E-state index in [4.69, 9.17) is 4.42 Å². The summed E-state index contributed by atoms with van der Waals surface area (Å²) in [5.74, 6) is 1.29. The van der Waals surface area contributed by atoms with Crippen molar-refractivity contribution in [3.63, 3.8) is 0 Å². The summed E-state index contributed by atoms with van der Waals surface area (Å²) >= 11 is 1.33. The number of aryl methyl sites for hydroxylation is 1. The molecule has 7 nitrogen and oxygen atoms in total. The second-order valence-electron chi connectivity index (χ2n) is 7.10. The molecule has 1 saturated carbocycles. The highest BCUT2D eigenvalue weighted by atomic mass is 32.2. The molecule has 1 atom stereocenters. The van der Waals surface area contributed by atoms with E-state index in [0.717, 1.165) is 30.6 Å². The molecule has 1 aliphatic rings. The van der Waals surface area contributed by atoms with Crippen molar-refractivity contribution >= 4 is 17.7 Å². The maximum Gasteiger partial charge on any atom is 0.234 e. The summed E-state index contributed by atoms with van der Waals surface area (Å²) in [6.45, 7) is 8.02. The van der Waals surface area contributed by atoms with E-state index in [-0.39, 0.29) is 5.91 Å². The van der Waals surface area contributed by atoms with Gasteiger partial charge in [0.1, 0.15) is 11.3 Å². The Morgan fingerprint density at radius 2 is 2.25 bits per heavy atom. The maximum absolute atomic E-state index is 12.8. The highest BCUT2D eigenvalue weighted by molar-refractivity contribution is 8.00. The third-order valence-corrected chi connectivity index (χ3v) is 6.14. The number of nitrogens with zero attached hydrogens (tertiary/aromatic N) is 4. The van der Waals surface area contributed by atoms with Crippen molar-refractivity contribution < 1.29 is 9.21 Å². The fourth-order valence-electron chi connectivity index (χ4n) is 3.45. The molecule has 3 rings (SSSR count). The van der Waals surface area contributed by atoms with Crippen molar-refractivity contribution in [2.75, 3.05) is 0 Å². The number of thioether (sulfide) groups is 1. The Hall–Kier alpha value is -2.53. The molecule has 0 aromatic carbocycles. The van der Waals surface area contributed by atoms with Gasteiger partial charge in [0.15, 0.2) is 11.0 Å². The molecule has 1 fully saturated rings. The van der Waals surface area contributed by atoms with Gasteiger partial charge in [0.05, 0.1) is 23.1 Å². The first kappa shape index (κ1) is 20.2. The monoisotopic (exact) mass is 399 g/mol.